The van der Waals surface area contributed by atoms with E-state index in [-0.39, 0.29) is 0 Å². The van der Waals surface area contributed by atoms with Crippen molar-refractivity contribution in [3.05, 3.63) is 72.6 Å². The smallest absolute Gasteiger partial charge is 0.226 e. The average Bonchev–Trinajstić information content (AvgIpc) is 3.40. The van der Waals surface area contributed by atoms with Crippen LogP contribution in [0.15, 0.2) is 67.0 Å². The Labute approximate surface area is 223 Å². The molecule has 2 saturated heterocycles. The number of hydrogen-bond donors (Lipinski definition) is 2. The number of benzene rings is 2. The Morgan fingerprint density at radius 2 is 1.58 bits per heavy atom. The van der Waals surface area contributed by atoms with Crippen LogP contribution < -0.4 is 10.6 Å². The predicted molar refractivity (Wildman–Crippen MR) is 151 cm³/mol. The van der Waals surface area contributed by atoms with Gasteiger partial charge >= 0.3 is 0 Å². The van der Waals surface area contributed by atoms with Crippen molar-refractivity contribution >= 4 is 22.9 Å². The van der Waals surface area contributed by atoms with Crippen molar-refractivity contribution in [3.8, 4) is 5.69 Å². The molecule has 4 heterocycles. The summed E-state index contributed by atoms with van der Waals surface area (Å²) in [5, 5.41) is 7.20. The van der Waals surface area contributed by atoms with E-state index in [1.165, 1.54) is 5.56 Å². The first-order valence-corrected chi connectivity index (χ1v) is 13.7. The number of nitrogens with one attached hydrogen (secondary N) is 2. The molecule has 38 heavy (non-hydrogen) atoms. The lowest BCUT2D eigenvalue weighted by Crippen LogP contribution is -2.39. The van der Waals surface area contributed by atoms with Crippen molar-refractivity contribution in [1.82, 2.24) is 29.3 Å². The third kappa shape index (κ3) is 5.96. The second-order valence-corrected chi connectivity index (χ2v) is 10.1. The van der Waals surface area contributed by atoms with Crippen molar-refractivity contribution in [2.24, 2.45) is 0 Å². The predicted octanol–water partition coefficient (Wildman–Crippen LogP) is 3.64. The van der Waals surface area contributed by atoms with Gasteiger partial charge in [-0.2, -0.15) is 9.97 Å². The fourth-order valence-corrected chi connectivity index (χ4v) is 5.28. The normalized spacial score (nSPS) is 17.6. The average molecular weight is 513 g/mol. The largest absolute Gasteiger partial charge is 0.379 e. The molecule has 9 nitrogen and oxygen atoms in total. The van der Waals surface area contributed by atoms with Crippen LogP contribution in [0.1, 0.15) is 18.4 Å². The minimum atomic E-state index is 0.350. The summed E-state index contributed by atoms with van der Waals surface area (Å²) in [7, 11) is 0. The molecule has 0 atom stereocenters. The molecule has 0 saturated carbocycles. The number of rotatable bonds is 9. The van der Waals surface area contributed by atoms with E-state index < -0.39 is 0 Å². The lowest BCUT2D eigenvalue weighted by Gasteiger charge is -2.32. The van der Waals surface area contributed by atoms with E-state index in [0.717, 1.165) is 94.5 Å². The van der Waals surface area contributed by atoms with Crippen LogP contribution in [0.4, 0.5) is 11.8 Å². The maximum absolute atomic E-state index is 5.48. The molecule has 2 aromatic heterocycles. The van der Waals surface area contributed by atoms with Gasteiger partial charge in [-0.05, 0) is 30.5 Å². The highest BCUT2D eigenvalue weighted by molar-refractivity contribution is 5.85. The van der Waals surface area contributed by atoms with Crippen LogP contribution in [0.3, 0.4) is 0 Å². The van der Waals surface area contributed by atoms with Crippen molar-refractivity contribution in [1.29, 1.82) is 0 Å². The number of fused-ring (bicyclic) bond motifs is 1. The quantitative estimate of drug-likeness (QED) is 0.352. The maximum Gasteiger partial charge on any atom is 0.226 e. The van der Waals surface area contributed by atoms with Gasteiger partial charge in [-0.3, -0.25) is 14.4 Å². The third-order valence-corrected chi connectivity index (χ3v) is 7.42. The second kappa shape index (κ2) is 11.9. The summed E-state index contributed by atoms with van der Waals surface area (Å²) < 4.78 is 7.51. The van der Waals surface area contributed by atoms with Crippen LogP contribution in [0.5, 0.6) is 0 Å². The molecule has 9 heteroatoms. The molecule has 2 aromatic carbocycles. The highest BCUT2D eigenvalue weighted by Crippen LogP contribution is 2.26. The van der Waals surface area contributed by atoms with Crippen LogP contribution in [0.25, 0.3) is 16.9 Å². The Morgan fingerprint density at radius 1 is 0.842 bits per heavy atom. The number of aromatic nitrogens is 4. The van der Waals surface area contributed by atoms with Crippen LogP contribution in [-0.2, 0) is 11.3 Å². The minimum Gasteiger partial charge on any atom is -0.379 e. The molecular weight excluding hydrogens is 476 g/mol. The van der Waals surface area contributed by atoms with Crippen molar-refractivity contribution in [2.75, 3.05) is 63.1 Å². The number of ether oxygens (including phenoxy) is 1. The molecule has 0 radical (unpaired) electrons. The first-order valence-electron chi connectivity index (χ1n) is 13.7. The molecule has 0 bridgehead atoms. The van der Waals surface area contributed by atoms with Gasteiger partial charge in [0.15, 0.2) is 17.0 Å². The summed E-state index contributed by atoms with van der Waals surface area (Å²) in [5.74, 6) is 1.44. The van der Waals surface area contributed by atoms with Crippen LogP contribution in [0.2, 0.25) is 0 Å². The standard InChI is InChI=1S/C29H36N8O/c1-3-7-23(8-4-1)21-36-14-11-24(12-15-36)32-27-26-28(37(22-31-26)25-9-5-2-6-10-25)34-29(33-27)30-13-16-35-17-19-38-20-18-35/h1-10,22,24H,11-21H2,(H2,30,32,33,34). The summed E-state index contributed by atoms with van der Waals surface area (Å²) >= 11 is 0. The molecule has 0 spiro atoms. The number of para-hydroxylation sites is 1. The highest BCUT2D eigenvalue weighted by Gasteiger charge is 2.22. The lowest BCUT2D eigenvalue weighted by atomic mass is 10.0. The van der Waals surface area contributed by atoms with E-state index in [0.29, 0.717) is 12.0 Å². The van der Waals surface area contributed by atoms with Gasteiger partial charge in [0.25, 0.3) is 0 Å². The van der Waals surface area contributed by atoms with Gasteiger partial charge in [0, 0.05) is 57.5 Å². The number of likely N-dealkylation sites (tertiary alicyclic amines) is 1. The van der Waals surface area contributed by atoms with Gasteiger partial charge < -0.3 is 15.4 Å². The summed E-state index contributed by atoms with van der Waals surface area (Å²) in [4.78, 5) is 19.5. The van der Waals surface area contributed by atoms with E-state index in [2.05, 4.69) is 62.9 Å². The summed E-state index contributed by atoms with van der Waals surface area (Å²) in [6, 6.07) is 21.3. The maximum atomic E-state index is 5.48. The van der Waals surface area contributed by atoms with Gasteiger partial charge in [-0.25, -0.2) is 4.98 Å². The molecule has 4 aromatic rings. The number of anilines is 2. The van der Waals surface area contributed by atoms with Gasteiger partial charge in [-0.1, -0.05) is 48.5 Å². The number of nitrogens with zero attached hydrogens (tertiary/aromatic N) is 6. The van der Waals surface area contributed by atoms with Crippen LogP contribution in [0, 0.1) is 0 Å². The Morgan fingerprint density at radius 3 is 2.34 bits per heavy atom. The van der Waals surface area contributed by atoms with E-state index in [1.807, 2.05) is 29.1 Å². The highest BCUT2D eigenvalue weighted by atomic mass is 16.5. The molecule has 2 N–H and O–H groups in total. The monoisotopic (exact) mass is 512 g/mol. The minimum absolute atomic E-state index is 0.350. The molecule has 198 valence electrons. The molecule has 0 unspecified atom stereocenters. The zero-order valence-corrected chi connectivity index (χ0v) is 21.8. The second-order valence-electron chi connectivity index (χ2n) is 10.1. The third-order valence-electron chi connectivity index (χ3n) is 7.42. The Hall–Kier alpha value is -3.53. The summed E-state index contributed by atoms with van der Waals surface area (Å²) in [5.41, 5.74) is 4.02. The van der Waals surface area contributed by atoms with Crippen molar-refractivity contribution in [3.63, 3.8) is 0 Å². The molecule has 0 aliphatic carbocycles. The van der Waals surface area contributed by atoms with Crippen molar-refractivity contribution < 1.29 is 4.74 Å². The molecule has 2 fully saturated rings. The van der Waals surface area contributed by atoms with Crippen molar-refractivity contribution in [2.45, 2.75) is 25.4 Å². The SMILES string of the molecule is c1ccc(CN2CCC(Nc3nc(NCCN4CCOCC4)nc4c3ncn4-c3ccccc3)CC2)cc1. The van der Waals surface area contributed by atoms with Gasteiger partial charge in [0.1, 0.15) is 6.33 Å². The first-order chi connectivity index (χ1) is 18.8. The van der Waals surface area contributed by atoms with E-state index in [4.69, 9.17) is 19.7 Å². The molecule has 2 aliphatic heterocycles. The summed E-state index contributed by atoms with van der Waals surface area (Å²) in [6.45, 7) is 8.38. The van der Waals surface area contributed by atoms with E-state index in [1.54, 1.807) is 0 Å². The number of imidazole rings is 1. The Kier molecular flexibility index (Phi) is 7.76. The van der Waals surface area contributed by atoms with Gasteiger partial charge in [0.05, 0.1) is 13.2 Å². The first kappa shape index (κ1) is 24.8. The summed E-state index contributed by atoms with van der Waals surface area (Å²) in [6.07, 6.45) is 3.98. The molecular formula is C29H36N8O. The van der Waals surface area contributed by atoms with Gasteiger partial charge in [-0.15, -0.1) is 0 Å². The number of hydrogen-bond acceptors (Lipinski definition) is 8. The zero-order chi connectivity index (χ0) is 25.6. The fraction of sp³-hybridized carbons (Fsp3) is 0.414. The molecule has 6 rings (SSSR count). The topological polar surface area (TPSA) is 83.4 Å². The zero-order valence-electron chi connectivity index (χ0n) is 21.8. The van der Waals surface area contributed by atoms with Crippen LogP contribution in [-0.4, -0.2) is 87.8 Å². The Balaban J connectivity index is 1.18. The number of piperidine rings is 1. The Bertz CT molecular complexity index is 1300. The van der Waals surface area contributed by atoms with Gasteiger partial charge in [0.2, 0.25) is 5.95 Å². The van der Waals surface area contributed by atoms with E-state index in [9.17, 15) is 0 Å². The molecule has 2 aliphatic rings. The molecule has 0 amide bonds. The van der Waals surface area contributed by atoms with E-state index >= 15 is 0 Å². The fourth-order valence-electron chi connectivity index (χ4n) is 5.28. The van der Waals surface area contributed by atoms with Crippen LogP contribution >= 0.6 is 0 Å². The number of morpholine rings is 1. The lowest BCUT2D eigenvalue weighted by molar-refractivity contribution is 0.0398.